The van der Waals surface area contributed by atoms with E-state index in [-0.39, 0.29) is 12.0 Å². The predicted octanol–water partition coefficient (Wildman–Crippen LogP) is 3.99. The Hall–Kier alpha value is -1.06. The highest BCUT2D eigenvalue weighted by Gasteiger charge is 2.12. The molecule has 0 aliphatic heterocycles. The van der Waals surface area contributed by atoms with Crippen molar-refractivity contribution in [3.8, 4) is 0 Å². The molecule has 2 rings (SSSR count). The lowest BCUT2D eigenvalue weighted by Crippen LogP contribution is -2.04. The van der Waals surface area contributed by atoms with Crippen molar-refractivity contribution in [3.63, 3.8) is 0 Å². The predicted molar refractivity (Wildman–Crippen MR) is 77.5 cm³/mol. The molecule has 1 unspecified atom stereocenters. The molecule has 0 spiro atoms. The summed E-state index contributed by atoms with van der Waals surface area (Å²) >= 11 is 3.47. The van der Waals surface area contributed by atoms with Crippen molar-refractivity contribution in [3.05, 3.63) is 58.3 Å². The summed E-state index contributed by atoms with van der Waals surface area (Å²) in [6, 6.07) is 10.3. The number of aliphatic hydroxyl groups excluding tert-OH is 1. The maximum atomic E-state index is 10.0. The first kappa shape index (κ1) is 13.4. The maximum Gasteiger partial charge on any atom is 0.0827 e. The molecule has 0 saturated heterocycles. The normalized spacial score (nSPS) is 12.9. The van der Waals surface area contributed by atoms with Gasteiger partial charge in [-0.1, -0.05) is 41.9 Å². The highest BCUT2D eigenvalue weighted by Crippen LogP contribution is 2.22. The van der Waals surface area contributed by atoms with Crippen LogP contribution in [0.25, 0.3) is 0 Å². The molecule has 1 heterocycles. The molecule has 0 fully saturated rings. The van der Waals surface area contributed by atoms with Crippen LogP contribution in [0.3, 0.4) is 0 Å². The molecule has 96 valence electrons. The highest BCUT2D eigenvalue weighted by atomic mass is 79.9. The molecular weight excluding hydrogens is 290 g/mol. The third-order valence-electron chi connectivity index (χ3n) is 3.00. The van der Waals surface area contributed by atoms with Crippen molar-refractivity contribution >= 4 is 15.9 Å². The highest BCUT2D eigenvalue weighted by molar-refractivity contribution is 9.10. The zero-order valence-corrected chi connectivity index (χ0v) is 12.3. The number of benzene rings is 1. The van der Waals surface area contributed by atoms with Gasteiger partial charge in [0.15, 0.2) is 0 Å². The molecule has 1 aromatic heterocycles. The Morgan fingerprint density at radius 3 is 2.72 bits per heavy atom. The fourth-order valence-corrected chi connectivity index (χ4v) is 2.41. The van der Waals surface area contributed by atoms with E-state index in [0.29, 0.717) is 0 Å². The van der Waals surface area contributed by atoms with E-state index >= 15 is 0 Å². The Bertz CT molecular complexity index is 519. The lowest BCUT2D eigenvalue weighted by Gasteiger charge is -2.12. The first-order valence-corrected chi connectivity index (χ1v) is 6.94. The largest absolute Gasteiger partial charge is 0.388 e. The van der Waals surface area contributed by atoms with E-state index in [0.717, 1.165) is 16.6 Å². The van der Waals surface area contributed by atoms with Gasteiger partial charge in [-0.3, -0.25) is 0 Å². The van der Waals surface area contributed by atoms with Gasteiger partial charge in [0.05, 0.1) is 6.10 Å². The van der Waals surface area contributed by atoms with Crippen LogP contribution in [-0.2, 0) is 6.54 Å². The number of aliphatic hydroxyl groups is 1. The second kappa shape index (κ2) is 5.72. The maximum absolute atomic E-state index is 10.0. The number of hydrogen-bond donors (Lipinski definition) is 1. The lowest BCUT2D eigenvalue weighted by molar-refractivity contribution is 0.127. The third kappa shape index (κ3) is 3.24. The lowest BCUT2D eigenvalue weighted by atomic mass is 10.0. The van der Waals surface area contributed by atoms with Crippen LogP contribution in [0.1, 0.15) is 31.1 Å². The first-order valence-electron chi connectivity index (χ1n) is 6.14. The van der Waals surface area contributed by atoms with Gasteiger partial charge in [0.25, 0.3) is 0 Å². The summed E-state index contributed by atoms with van der Waals surface area (Å²) in [5.41, 5.74) is 2.23. The van der Waals surface area contributed by atoms with Crippen molar-refractivity contribution in [1.82, 2.24) is 4.57 Å². The quantitative estimate of drug-likeness (QED) is 0.908. The molecule has 1 aromatic carbocycles. The first-order chi connectivity index (χ1) is 8.56. The fourth-order valence-electron chi connectivity index (χ4n) is 1.96. The summed E-state index contributed by atoms with van der Waals surface area (Å²) in [6.45, 7) is 4.87. The molecule has 18 heavy (non-hydrogen) atoms. The van der Waals surface area contributed by atoms with Crippen LogP contribution < -0.4 is 0 Å². The molecular formula is C15H18BrNO. The number of rotatable bonds is 4. The van der Waals surface area contributed by atoms with Crippen LogP contribution in [-0.4, -0.2) is 9.67 Å². The van der Waals surface area contributed by atoms with Crippen molar-refractivity contribution in [2.75, 3.05) is 0 Å². The Labute approximate surface area is 116 Å². The molecule has 0 bridgehead atoms. The second-order valence-corrected chi connectivity index (χ2v) is 5.85. The molecule has 2 aromatic rings. The van der Waals surface area contributed by atoms with Crippen LogP contribution >= 0.6 is 15.9 Å². The summed E-state index contributed by atoms with van der Waals surface area (Å²) < 4.78 is 3.19. The summed E-state index contributed by atoms with van der Waals surface area (Å²) in [4.78, 5) is 0. The minimum absolute atomic E-state index is 0.242. The van der Waals surface area contributed by atoms with E-state index in [1.807, 2.05) is 44.4 Å². The minimum atomic E-state index is -0.381. The van der Waals surface area contributed by atoms with Gasteiger partial charge in [-0.15, -0.1) is 0 Å². The van der Waals surface area contributed by atoms with Crippen LogP contribution in [0.2, 0.25) is 0 Å². The van der Waals surface area contributed by atoms with Gasteiger partial charge >= 0.3 is 0 Å². The minimum Gasteiger partial charge on any atom is -0.388 e. The average molecular weight is 308 g/mol. The standard InChI is InChI=1S/C15H18BrNO/c1-11(2)15(18)13-6-7-17(10-13)9-12-4-3-5-14(16)8-12/h3-8,10-11,15,18H,9H2,1-2H3. The molecule has 0 radical (unpaired) electrons. The second-order valence-electron chi connectivity index (χ2n) is 4.94. The molecule has 3 heteroatoms. The number of nitrogens with zero attached hydrogens (tertiary/aromatic N) is 1. The average Bonchev–Trinajstić information content (AvgIpc) is 2.76. The van der Waals surface area contributed by atoms with E-state index in [4.69, 9.17) is 0 Å². The van der Waals surface area contributed by atoms with Gasteiger partial charge in [-0.2, -0.15) is 0 Å². The van der Waals surface area contributed by atoms with E-state index in [2.05, 4.69) is 32.6 Å². The molecule has 0 amide bonds. The van der Waals surface area contributed by atoms with Crippen LogP contribution in [0.5, 0.6) is 0 Å². The van der Waals surface area contributed by atoms with Gasteiger partial charge < -0.3 is 9.67 Å². The van der Waals surface area contributed by atoms with Crippen molar-refractivity contribution in [2.45, 2.75) is 26.5 Å². The van der Waals surface area contributed by atoms with E-state index in [9.17, 15) is 5.11 Å². The third-order valence-corrected chi connectivity index (χ3v) is 3.49. The van der Waals surface area contributed by atoms with Gasteiger partial charge in [-0.05, 0) is 35.2 Å². The van der Waals surface area contributed by atoms with E-state index < -0.39 is 0 Å². The smallest absolute Gasteiger partial charge is 0.0827 e. The van der Waals surface area contributed by atoms with Gasteiger partial charge in [0.2, 0.25) is 0 Å². The summed E-state index contributed by atoms with van der Waals surface area (Å²) in [6.07, 6.45) is 3.65. The summed E-state index contributed by atoms with van der Waals surface area (Å²) in [5.74, 6) is 0.242. The van der Waals surface area contributed by atoms with E-state index in [1.54, 1.807) is 0 Å². The Kier molecular flexibility index (Phi) is 4.25. The summed E-state index contributed by atoms with van der Waals surface area (Å²) in [5, 5.41) is 10.0. The Balaban J connectivity index is 2.11. The Morgan fingerprint density at radius 2 is 2.06 bits per heavy atom. The Morgan fingerprint density at radius 1 is 1.28 bits per heavy atom. The SMILES string of the molecule is CC(C)C(O)c1ccn(Cc2cccc(Br)c2)c1. The molecule has 0 saturated carbocycles. The van der Waals surface area contributed by atoms with Crippen molar-refractivity contribution in [2.24, 2.45) is 5.92 Å². The monoisotopic (exact) mass is 307 g/mol. The number of halogens is 1. The molecule has 0 aliphatic rings. The zero-order chi connectivity index (χ0) is 13.1. The van der Waals surface area contributed by atoms with Crippen LogP contribution in [0, 0.1) is 5.92 Å². The molecule has 0 aliphatic carbocycles. The molecule has 1 N–H and O–H groups in total. The van der Waals surface area contributed by atoms with Gasteiger partial charge in [0.1, 0.15) is 0 Å². The molecule has 2 nitrogen and oxygen atoms in total. The van der Waals surface area contributed by atoms with Gasteiger partial charge in [0, 0.05) is 23.4 Å². The zero-order valence-electron chi connectivity index (χ0n) is 10.7. The van der Waals surface area contributed by atoms with Gasteiger partial charge in [-0.25, -0.2) is 0 Å². The van der Waals surface area contributed by atoms with Crippen LogP contribution in [0.15, 0.2) is 47.2 Å². The topological polar surface area (TPSA) is 25.2 Å². The number of hydrogen-bond acceptors (Lipinski definition) is 1. The van der Waals surface area contributed by atoms with Crippen molar-refractivity contribution < 1.29 is 5.11 Å². The van der Waals surface area contributed by atoms with E-state index in [1.165, 1.54) is 5.56 Å². The fraction of sp³-hybridized carbons (Fsp3) is 0.333. The van der Waals surface area contributed by atoms with Crippen molar-refractivity contribution in [1.29, 1.82) is 0 Å². The van der Waals surface area contributed by atoms with Crippen LogP contribution in [0.4, 0.5) is 0 Å². The summed E-state index contributed by atoms with van der Waals surface area (Å²) in [7, 11) is 0. The number of aromatic nitrogens is 1. The molecule has 1 atom stereocenters.